The smallest absolute Gasteiger partial charge is 0.338 e. The summed E-state index contributed by atoms with van der Waals surface area (Å²) in [5.41, 5.74) is 5.92. The molecule has 5 rings (SSSR count). The molecule has 0 aromatic heterocycles. The maximum atomic E-state index is 12.3. The number of nitrogens with one attached hydrogen (secondary N) is 1. The predicted octanol–water partition coefficient (Wildman–Crippen LogP) is 6.96. The highest BCUT2D eigenvalue weighted by atomic mass is 79.9. The van der Waals surface area contributed by atoms with E-state index in [1.807, 2.05) is 43.3 Å². The fraction of sp³-hybridized carbons (Fsp3) is 0.276. The van der Waals surface area contributed by atoms with Crippen molar-refractivity contribution in [2.75, 3.05) is 19.5 Å². The van der Waals surface area contributed by atoms with Crippen LogP contribution in [0.4, 0.5) is 5.69 Å². The molecule has 1 aliphatic carbocycles. The topological polar surface area (TPSA) is 56.8 Å². The lowest BCUT2D eigenvalue weighted by molar-refractivity contribution is 0.0600. The van der Waals surface area contributed by atoms with Crippen molar-refractivity contribution >= 4 is 27.6 Å². The number of halogens is 1. The van der Waals surface area contributed by atoms with Crippen LogP contribution in [-0.4, -0.2) is 20.2 Å². The van der Waals surface area contributed by atoms with Gasteiger partial charge in [0.05, 0.1) is 30.3 Å². The fourth-order valence-electron chi connectivity index (χ4n) is 5.26. The number of carbonyl (C=O) groups is 1. The Kier molecular flexibility index (Phi) is 6.56. The summed E-state index contributed by atoms with van der Waals surface area (Å²) in [5.74, 6) is 1.68. The highest BCUT2D eigenvalue weighted by molar-refractivity contribution is 9.10. The molecular formula is C29H28BrNO4. The van der Waals surface area contributed by atoms with Gasteiger partial charge in [0.15, 0.2) is 11.5 Å². The Balaban J connectivity index is 1.50. The molecule has 3 aromatic rings. The average molecular weight is 534 g/mol. The van der Waals surface area contributed by atoms with Gasteiger partial charge in [0.2, 0.25) is 0 Å². The largest absolute Gasteiger partial charge is 0.493 e. The van der Waals surface area contributed by atoms with Gasteiger partial charge in [0.25, 0.3) is 0 Å². The van der Waals surface area contributed by atoms with Gasteiger partial charge in [-0.1, -0.05) is 48.6 Å². The lowest BCUT2D eigenvalue weighted by Crippen LogP contribution is -2.30. The lowest BCUT2D eigenvalue weighted by atomic mass is 9.76. The number of hydrogen-bond donors (Lipinski definition) is 1. The number of anilines is 1. The second kappa shape index (κ2) is 9.78. The van der Waals surface area contributed by atoms with Gasteiger partial charge in [-0.2, -0.15) is 0 Å². The second-order valence-electron chi connectivity index (χ2n) is 8.98. The van der Waals surface area contributed by atoms with Gasteiger partial charge in [-0.25, -0.2) is 4.79 Å². The molecule has 2 aliphatic rings. The van der Waals surface area contributed by atoms with E-state index >= 15 is 0 Å². The first-order valence-corrected chi connectivity index (χ1v) is 12.5. The van der Waals surface area contributed by atoms with Crippen LogP contribution in [0.3, 0.4) is 0 Å². The van der Waals surface area contributed by atoms with Gasteiger partial charge in [-0.3, -0.25) is 0 Å². The molecule has 1 aliphatic heterocycles. The van der Waals surface area contributed by atoms with Gasteiger partial charge in [0.1, 0.15) is 6.61 Å². The second-order valence-corrected chi connectivity index (χ2v) is 9.83. The minimum atomic E-state index is -0.322. The summed E-state index contributed by atoms with van der Waals surface area (Å²) in [6.45, 7) is 2.43. The van der Waals surface area contributed by atoms with Gasteiger partial charge in [-0.05, 0) is 75.6 Å². The number of ether oxygens (including phenoxy) is 3. The van der Waals surface area contributed by atoms with E-state index in [0.717, 1.165) is 33.3 Å². The molecule has 35 heavy (non-hydrogen) atoms. The molecule has 0 bridgehead atoms. The molecule has 180 valence electrons. The van der Waals surface area contributed by atoms with Crippen LogP contribution in [-0.2, 0) is 11.3 Å². The lowest BCUT2D eigenvalue weighted by Gasteiger charge is -2.39. The van der Waals surface area contributed by atoms with Crippen molar-refractivity contribution in [2.45, 2.75) is 31.9 Å². The van der Waals surface area contributed by atoms with Gasteiger partial charge < -0.3 is 19.5 Å². The van der Waals surface area contributed by atoms with Crippen LogP contribution in [0.2, 0.25) is 0 Å². The standard InChI is InChI=1S/C29H28BrNO4/c1-17-20(29(32)34-3)12-13-23-21-10-7-11-22(21)27(31-26(17)23)19-14-24(30)28(25(15-19)33-2)35-16-18-8-5-4-6-9-18/h4-10,12-15,21-22,27,31H,11,16H2,1-3H3/t21-,22-,27-/m1/s1. The van der Waals surface area contributed by atoms with Crippen LogP contribution in [0.5, 0.6) is 11.5 Å². The van der Waals surface area contributed by atoms with Crippen LogP contribution in [0.1, 0.15) is 51.0 Å². The van der Waals surface area contributed by atoms with Crippen molar-refractivity contribution in [3.8, 4) is 11.5 Å². The molecular weight excluding hydrogens is 506 g/mol. The van der Waals surface area contributed by atoms with Gasteiger partial charge >= 0.3 is 5.97 Å². The van der Waals surface area contributed by atoms with Crippen molar-refractivity contribution in [3.05, 3.63) is 99.0 Å². The summed E-state index contributed by atoms with van der Waals surface area (Å²) in [7, 11) is 3.08. The molecule has 0 spiro atoms. The van der Waals surface area contributed by atoms with Gasteiger partial charge in [-0.15, -0.1) is 0 Å². The Morgan fingerprint density at radius 2 is 1.91 bits per heavy atom. The third-order valence-electron chi connectivity index (χ3n) is 7.04. The van der Waals surface area contributed by atoms with E-state index < -0.39 is 0 Å². The van der Waals surface area contributed by atoms with Crippen LogP contribution in [0.15, 0.2) is 71.2 Å². The Morgan fingerprint density at radius 1 is 1.11 bits per heavy atom. The van der Waals surface area contributed by atoms with E-state index in [0.29, 0.717) is 29.6 Å². The minimum Gasteiger partial charge on any atom is -0.493 e. The molecule has 0 radical (unpaired) electrons. The van der Waals surface area contributed by atoms with Crippen LogP contribution in [0.25, 0.3) is 0 Å². The quantitative estimate of drug-likeness (QED) is 0.274. The molecule has 0 fully saturated rings. The summed E-state index contributed by atoms with van der Waals surface area (Å²) in [4.78, 5) is 12.3. The highest BCUT2D eigenvalue weighted by Crippen LogP contribution is 2.52. The minimum absolute atomic E-state index is 0.0440. The van der Waals surface area contributed by atoms with Crippen molar-refractivity contribution in [3.63, 3.8) is 0 Å². The van der Waals surface area contributed by atoms with Gasteiger partial charge in [0, 0.05) is 11.6 Å². The average Bonchev–Trinajstić information content (AvgIpc) is 3.38. The van der Waals surface area contributed by atoms with E-state index in [2.05, 4.69) is 51.6 Å². The highest BCUT2D eigenvalue weighted by Gasteiger charge is 2.39. The Morgan fingerprint density at radius 3 is 2.66 bits per heavy atom. The van der Waals surface area contributed by atoms with Crippen molar-refractivity contribution in [2.24, 2.45) is 5.92 Å². The number of hydrogen-bond acceptors (Lipinski definition) is 5. The number of fused-ring (bicyclic) bond motifs is 3. The normalized spacial score (nSPS) is 19.9. The molecule has 6 heteroatoms. The molecule has 3 aromatic carbocycles. The summed E-state index contributed by atoms with van der Waals surface area (Å²) < 4.78 is 17.8. The van der Waals surface area contributed by atoms with Crippen molar-refractivity contribution in [1.82, 2.24) is 0 Å². The van der Waals surface area contributed by atoms with E-state index in [4.69, 9.17) is 14.2 Å². The molecule has 0 saturated carbocycles. The number of carbonyl (C=O) groups excluding carboxylic acids is 1. The number of rotatable bonds is 6. The zero-order chi connectivity index (χ0) is 24.5. The van der Waals surface area contributed by atoms with E-state index in [-0.39, 0.29) is 17.9 Å². The zero-order valence-electron chi connectivity index (χ0n) is 20.0. The summed E-state index contributed by atoms with van der Waals surface area (Å²) >= 11 is 3.73. The Hall–Kier alpha value is -3.25. The SMILES string of the molecule is COC(=O)c1ccc2c(c1C)N[C@H](c1cc(Br)c(OCc3ccccc3)c(OC)c1)[C@@H]1CC=C[C@@H]21. The van der Waals surface area contributed by atoms with Crippen molar-refractivity contribution < 1.29 is 19.0 Å². The summed E-state index contributed by atoms with van der Waals surface area (Å²) in [5, 5.41) is 3.76. The number of methoxy groups -OCH3 is 2. The summed E-state index contributed by atoms with van der Waals surface area (Å²) in [6, 6.07) is 18.2. The molecule has 1 heterocycles. The fourth-order valence-corrected chi connectivity index (χ4v) is 5.84. The number of benzene rings is 3. The maximum absolute atomic E-state index is 12.3. The molecule has 0 amide bonds. The van der Waals surface area contributed by atoms with Crippen LogP contribution >= 0.6 is 15.9 Å². The molecule has 5 nitrogen and oxygen atoms in total. The first kappa shape index (κ1) is 23.5. The molecule has 0 saturated heterocycles. The predicted molar refractivity (Wildman–Crippen MR) is 140 cm³/mol. The van der Waals surface area contributed by atoms with E-state index in [9.17, 15) is 4.79 Å². The van der Waals surface area contributed by atoms with Crippen LogP contribution in [0, 0.1) is 12.8 Å². The number of esters is 1. The molecule has 3 atom stereocenters. The monoisotopic (exact) mass is 533 g/mol. The summed E-state index contributed by atoms with van der Waals surface area (Å²) in [6.07, 6.45) is 5.52. The third kappa shape index (κ3) is 4.31. The maximum Gasteiger partial charge on any atom is 0.338 e. The van der Waals surface area contributed by atoms with Crippen molar-refractivity contribution in [1.29, 1.82) is 0 Å². The van der Waals surface area contributed by atoms with E-state index in [1.165, 1.54) is 12.7 Å². The third-order valence-corrected chi connectivity index (χ3v) is 7.63. The Labute approximate surface area is 214 Å². The van der Waals surface area contributed by atoms with E-state index in [1.54, 1.807) is 7.11 Å². The first-order valence-electron chi connectivity index (χ1n) is 11.7. The first-order chi connectivity index (χ1) is 17.0. The molecule has 0 unspecified atom stereocenters. The molecule has 1 N–H and O–H groups in total. The van der Waals surface area contributed by atoms with Crippen LogP contribution < -0.4 is 14.8 Å². The zero-order valence-corrected chi connectivity index (χ0v) is 21.6. The Bertz CT molecular complexity index is 1290. The number of allylic oxidation sites excluding steroid dienone is 2.